The summed E-state index contributed by atoms with van der Waals surface area (Å²) < 4.78 is 6.12. The molecule has 1 saturated carbocycles. The number of ether oxygens (including phenoxy) is 1. The third kappa shape index (κ3) is 3.62. The van der Waals surface area contributed by atoms with Crippen molar-refractivity contribution in [3.8, 4) is 5.75 Å². The standard InChI is InChI=1S/C22H30N2O4/c1-23-20(25)14-19(21(26)27)22(23)9-11-24(12-10-22)15-16-5-4-8-18(13-16)28-17-6-2-3-7-17/h4-5,8,13,17,19H,2-3,6-7,9-12,14-15H2,1H3,(H,26,27)/t19-/m0/s1. The summed E-state index contributed by atoms with van der Waals surface area (Å²) in [6.07, 6.45) is 6.72. The first kappa shape index (κ1) is 19.2. The number of rotatable bonds is 5. The maximum atomic E-state index is 12.1. The van der Waals surface area contributed by atoms with Gasteiger partial charge in [0.2, 0.25) is 5.91 Å². The SMILES string of the molecule is CN1C(=O)C[C@@H](C(=O)O)C12CCN(Cc1cccc(OC3CCCC3)c1)CC2. The van der Waals surface area contributed by atoms with Gasteiger partial charge in [0.1, 0.15) is 5.75 Å². The number of carbonyl (C=O) groups excluding carboxylic acids is 1. The molecule has 2 saturated heterocycles. The van der Waals surface area contributed by atoms with E-state index in [1.165, 1.54) is 18.4 Å². The van der Waals surface area contributed by atoms with Crippen molar-refractivity contribution in [2.45, 2.75) is 63.1 Å². The van der Waals surface area contributed by atoms with E-state index in [-0.39, 0.29) is 12.3 Å². The van der Waals surface area contributed by atoms with E-state index >= 15 is 0 Å². The van der Waals surface area contributed by atoms with Gasteiger partial charge in [0.05, 0.1) is 17.6 Å². The summed E-state index contributed by atoms with van der Waals surface area (Å²) in [7, 11) is 1.77. The third-order valence-corrected chi connectivity index (χ3v) is 7.00. The number of hydrogen-bond acceptors (Lipinski definition) is 4. The van der Waals surface area contributed by atoms with Gasteiger partial charge in [-0.25, -0.2) is 0 Å². The highest BCUT2D eigenvalue weighted by molar-refractivity contribution is 5.88. The van der Waals surface area contributed by atoms with Gasteiger partial charge in [-0.1, -0.05) is 12.1 Å². The summed E-state index contributed by atoms with van der Waals surface area (Å²) in [5.41, 5.74) is 0.699. The molecule has 0 unspecified atom stereocenters. The second-order valence-electron chi connectivity index (χ2n) is 8.60. The zero-order valence-corrected chi connectivity index (χ0v) is 16.6. The van der Waals surface area contributed by atoms with Crippen LogP contribution in [0, 0.1) is 5.92 Å². The Kier molecular flexibility index (Phi) is 5.32. The Balaban J connectivity index is 1.38. The molecular formula is C22H30N2O4. The zero-order valence-electron chi connectivity index (χ0n) is 16.6. The monoisotopic (exact) mass is 386 g/mol. The average molecular weight is 386 g/mol. The second-order valence-corrected chi connectivity index (χ2v) is 8.60. The van der Waals surface area contributed by atoms with Crippen molar-refractivity contribution in [2.24, 2.45) is 5.92 Å². The van der Waals surface area contributed by atoms with E-state index in [9.17, 15) is 14.7 Å². The Labute approximate surface area is 166 Å². The van der Waals surface area contributed by atoms with Crippen LogP contribution in [-0.2, 0) is 16.1 Å². The number of amides is 1. The number of benzene rings is 1. The molecule has 3 aliphatic rings. The number of carboxylic acid groups (broad SMARTS) is 1. The lowest BCUT2D eigenvalue weighted by Crippen LogP contribution is -2.55. The van der Waals surface area contributed by atoms with Crippen molar-refractivity contribution >= 4 is 11.9 Å². The topological polar surface area (TPSA) is 70.1 Å². The van der Waals surface area contributed by atoms with E-state index in [1.54, 1.807) is 11.9 Å². The molecule has 6 heteroatoms. The van der Waals surface area contributed by atoms with Crippen LogP contribution in [-0.4, -0.2) is 58.6 Å². The summed E-state index contributed by atoms with van der Waals surface area (Å²) in [5.74, 6) is -0.527. The van der Waals surface area contributed by atoms with Crippen LogP contribution in [0.3, 0.4) is 0 Å². The molecule has 3 fully saturated rings. The molecule has 28 heavy (non-hydrogen) atoms. The van der Waals surface area contributed by atoms with Crippen LogP contribution in [0.2, 0.25) is 0 Å². The lowest BCUT2D eigenvalue weighted by Gasteiger charge is -2.45. The number of carboxylic acids is 1. The van der Waals surface area contributed by atoms with Crippen molar-refractivity contribution in [1.29, 1.82) is 0 Å². The normalized spacial score (nSPS) is 25.5. The number of piperidine rings is 1. The molecule has 2 aliphatic heterocycles. The minimum Gasteiger partial charge on any atom is -0.490 e. The van der Waals surface area contributed by atoms with E-state index in [0.717, 1.165) is 38.2 Å². The van der Waals surface area contributed by atoms with Crippen LogP contribution in [0.25, 0.3) is 0 Å². The number of hydrogen-bond donors (Lipinski definition) is 1. The maximum Gasteiger partial charge on any atom is 0.309 e. The lowest BCUT2D eigenvalue weighted by molar-refractivity contribution is -0.146. The molecule has 1 amide bonds. The summed E-state index contributed by atoms with van der Waals surface area (Å²) in [6, 6.07) is 8.34. The molecule has 1 aliphatic carbocycles. The molecule has 1 atom stereocenters. The Morgan fingerprint density at radius 3 is 2.64 bits per heavy atom. The summed E-state index contributed by atoms with van der Waals surface area (Å²) >= 11 is 0. The van der Waals surface area contributed by atoms with E-state index in [1.807, 2.05) is 6.07 Å². The highest BCUT2D eigenvalue weighted by atomic mass is 16.5. The predicted octanol–water partition coefficient (Wildman–Crippen LogP) is 2.91. The Hall–Kier alpha value is -2.08. The van der Waals surface area contributed by atoms with Gasteiger partial charge >= 0.3 is 5.97 Å². The van der Waals surface area contributed by atoms with E-state index in [4.69, 9.17) is 4.74 Å². The smallest absolute Gasteiger partial charge is 0.309 e. The molecule has 6 nitrogen and oxygen atoms in total. The Bertz CT molecular complexity index is 736. The highest BCUT2D eigenvalue weighted by Gasteiger charge is 2.55. The molecule has 0 bridgehead atoms. The van der Waals surface area contributed by atoms with Crippen molar-refractivity contribution in [3.63, 3.8) is 0 Å². The van der Waals surface area contributed by atoms with Crippen LogP contribution in [0.15, 0.2) is 24.3 Å². The van der Waals surface area contributed by atoms with Crippen LogP contribution in [0.4, 0.5) is 0 Å². The van der Waals surface area contributed by atoms with Crippen LogP contribution in [0.5, 0.6) is 5.75 Å². The van der Waals surface area contributed by atoms with Crippen LogP contribution < -0.4 is 4.74 Å². The first-order valence-corrected chi connectivity index (χ1v) is 10.5. The van der Waals surface area contributed by atoms with Gasteiger partial charge in [-0.15, -0.1) is 0 Å². The highest BCUT2D eigenvalue weighted by Crippen LogP contribution is 2.43. The molecular weight excluding hydrogens is 356 g/mol. The largest absolute Gasteiger partial charge is 0.490 e. The molecule has 1 aromatic carbocycles. The Morgan fingerprint density at radius 1 is 1.25 bits per heavy atom. The number of likely N-dealkylation sites (tertiary alicyclic amines) is 2. The van der Waals surface area contributed by atoms with Gasteiger partial charge in [-0.2, -0.15) is 0 Å². The second kappa shape index (κ2) is 7.74. The molecule has 1 N–H and O–H groups in total. The lowest BCUT2D eigenvalue weighted by atomic mass is 9.77. The Morgan fingerprint density at radius 2 is 1.96 bits per heavy atom. The number of nitrogens with zero attached hydrogens (tertiary/aromatic N) is 2. The minimum atomic E-state index is -0.845. The fourth-order valence-corrected chi connectivity index (χ4v) is 5.26. The quantitative estimate of drug-likeness (QED) is 0.843. The molecule has 2 heterocycles. The van der Waals surface area contributed by atoms with Gasteiger partial charge in [0, 0.05) is 33.1 Å². The van der Waals surface area contributed by atoms with Crippen molar-refractivity contribution < 1.29 is 19.4 Å². The van der Waals surface area contributed by atoms with Crippen molar-refractivity contribution in [1.82, 2.24) is 9.80 Å². The van der Waals surface area contributed by atoms with Crippen molar-refractivity contribution in [2.75, 3.05) is 20.1 Å². The van der Waals surface area contributed by atoms with E-state index < -0.39 is 17.4 Å². The first-order valence-electron chi connectivity index (χ1n) is 10.5. The van der Waals surface area contributed by atoms with Gasteiger partial charge in [0.25, 0.3) is 0 Å². The molecule has 152 valence electrons. The van der Waals surface area contributed by atoms with Gasteiger partial charge < -0.3 is 14.7 Å². The van der Waals surface area contributed by atoms with E-state index in [2.05, 4.69) is 23.1 Å². The third-order valence-electron chi connectivity index (χ3n) is 7.00. The van der Waals surface area contributed by atoms with Crippen molar-refractivity contribution in [3.05, 3.63) is 29.8 Å². The van der Waals surface area contributed by atoms with Gasteiger partial charge in [-0.05, 0) is 56.2 Å². The van der Waals surface area contributed by atoms with Gasteiger partial charge in [-0.3, -0.25) is 14.5 Å². The number of carbonyl (C=O) groups is 2. The molecule has 1 aromatic rings. The fourth-order valence-electron chi connectivity index (χ4n) is 5.26. The minimum absolute atomic E-state index is 0.0439. The van der Waals surface area contributed by atoms with Crippen LogP contribution >= 0.6 is 0 Å². The first-order chi connectivity index (χ1) is 13.5. The van der Waals surface area contributed by atoms with E-state index in [0.29, 0.717) is 18.9 Å². The molecule has 0 radical (unpaired) electrons. The molecule has 4 rings (SSSR count). The molecule has 0 aromatic heterocycles. The van der Waals surface area contributed by atoms with Gasteiger partial charge in [0.15, 0.2) is 0 Å². The summed E-state index contributed by atoms with van der Waals surface area (Å²) in [4.78, 5) is 27.9. The zero-order chi connectivity index (χ0) is 19.7. The predicted molar refractivity (Wildman–Crippen MR) is 105 cm³/mol. The average Bonchev–Trinajstić information content (AvgIpc) is 3.27. The molecule has 1 spiro atoms. The number of aliphatic carboxylic acids is 1. The fraction of sp³-hybridized carbons (Fsp3) is 0.636. The summed E-state index contributed by atoms with van der Waals surface area (Å²) in [6.45, 7) is 2.43. The van der Waals surface area contributed by atoms with Crippen LogP contribution in [0.1, 0.15) is 50.5 Å². The summed E-state index contributed by atoms with van der Waals surface area (Å²) in [5, 5.41) is 9.61. The maximum absolute atomic E-state index is 12.1.